The van der Waals surface area contributed by atoms with Crippen LogP contribution in [0.4, 0.5) is 0 Å². The summed E-state index contributed by atoms with van der Waals surface area (Å²) in [5, 5.41) is 7.86. The van der Waals surface area contributed by atoms with Crippen molar-refractivity contribution in [2.45, 2.75) is 39.3 Å². The Hall–Kier alpha value is -0.680. The van der Waals surface area contributed by atoms with E-state index in [0.717, 1.165) is 17.9 Å². The normalized spacial score (nSPS) is 16.8. The third-order valence-corrected chi connectivity index (χ3v) is 3.70. The molecule has 0 spiro atoms. The van der Waals surface area contributed by atoms with Crippen molar-refractivity contribution in [1.82, 2.24) is 15.1 Å². The van der Waals surface area contributed by atoms with E-state index in [1.165, 1.54) is 5.56 Å². The molecule has 5 heteroatoms. The number of nitrogens with zero attached hydrogens (tertiary/aromatic N) is 2. The van der Waals surface area contributed by atoms with Crippen LogP contribution in [0.1, 0.15) is 37.6 Å². The van der Waals surface area contributed by atoms with Crippen LogP contribution < -0.4 is 5.32 Å². The lowest BCUT2D eigenvalue weighted by Crippen LogP contribution is -2.30. The highest BCUT2D eigenvalue weighted by Gasteiger charge is 2.14. The van der Waals surface area contributed by atoms with Crippen molar-refractivity contribution in [2.24, 2.45) is 7.05 Å². The number of aryl methyl sites for hydroxylation is 2. The SMILES string of the molecule is Cc1nn(C)cc1C(C)NC(C)CCS(C)=O. The zero-order valence-electron chi connectivity index (χ0n) is 11.4. The van der Waals surface area contributed by atoms with Gasteiger partial charge in [0.25, 0.3) is 0 Å². The van der Waals surface area contributed by atoms with Crippen LogP contribution in [-0.2, 0) is 17.8 Å². The molecule has 0 saturated heterocycles. The van der Waals surface area contributed by atoms with Crippen LogP contribution in [0.5, 0.6) is 0 Å². The summed E-state index contributed by atoms with van der Waals surface area (Å²) in [5.41, 5.74) is 2.30. The van der Waals surface area contributed by atoms with E-state index in [1.807, 2.05) is 18.7 Å². The van der Waals surface area contributed by atoms with Gasteiger partial charge in [-0.1, -0.05) is 0 Å². The molecule has 0 saturated carbocycles. The molecular formula is C12H23N3OS. The minimum atomic E-state index is -0.702. The first kappa shape index (κ1) is 14.4. The zero-order chi connectivity index (χ0) is 13.0. The molecule has 3 atom stereocenters. The van der Waals surface area contributed by atoms with Gasteiger partial charge in [-0.3, -0.25) is 8.89 Å². The molecule has 0 aliphatic heterocycles. The summed E-state index contributed by atoms with van der Waals surface area (Å²) in [6, 6.07) is 0.650. The van der Waals surface area contributed by atoms with E-state index in [-0.39, 0.29) is 6.04 Å². The summed E-state index contributed by atoms with van der Waals surface area (Å²) in [4.78, 5) is 0. The van der Waals surface area contributed by atoms with Crippen molar-refractivity contribution in [2.75, 3.05) is 12.0 Å². The molecular weight excluding hydrogens is 234 g/mol. The molecule has 98 valence electrons. The number of rotatable bonds is 6. The monoisotopic (exact) mass is 257 g/mol. The Morgan fingerprint density at radius 2 is 2.18 bits per heavy atom. The Morgan fingerprint density at radius 3 is 2.65 bits per heavy atom. The molecule has 1 heterocycles. The van der Waals surface area contributed by atoms with Gasteiger partial charge in [0.15, 0.2) is 0 Å². The third-order valence-electron chi connectivity index (χ3n) is 2.89. The largest absolute Gasteiger partial charge is 0.308 e. The fraction of sp³-hybridized carbons (Fsp3) is 0.750. The Morgan fingerprint density at radius 1 is 1.53 bits per heavy atom. The molecule has 1 N–H and O–H groups in total. The van der Waals surface area contributed by atoms with Gasteiger partial charge in [0, 0.05) is 53.7 Å². The molecule has 0 fully saturated rings. The first-order valence-corrected chi connectivity index (χ1v) is 7.69. The predicted octanol–water partition coefficient (Wildman–Crippen LogP) is 1.54. The van der Waals surface area contributed by atoms with Gasteiger partial charge in [-0.05, 0) is 27.2 Å². The van der Waals surface area contributed by atoms with Gasteiger partial charge in [0.1, 0.15) is 0 Å². The van der Waals surface area contributed by atoms with Gasteiger partial charge < -0.3 is 5.32 Å². The molecule has 1 rings (SSSR count). The van der Waals surface area contributed by atoms with Crippen LogP contribution in [0.2, 0.25) is 0 Å². The average molecular weight is 257 g/mol. The van der Waals surface area contributed by atoms with E-state index in [2.05, 4.69) is 30.5 Å². The van der Waals surface area contributed by atoms with E-state index in [4.69, 9.17) is 0 Å². The van der Waals surface area contributed by atoms with E-state index in [1.54, 1.807) is 6.26 Å². The van der Waals surface area contributed by atoms with Crippen molar-refractivity contribution in [3.05, 3.63) is 17.5 Å². The number of hydrogen-bond acceptors (Lipinski definition) is 3. The van der Waals surface area contributed by atoms with Crippen LogP contribution in [0.3, 0.4) is 0 Å². The van der Waals surface area contributed by atoms with Gasteiger partial charge in [-0.2, -0.15) is 5.10 Å². The second-order valence-electron chi connectivity index (χ2n) is 4.70. The van der Waals surface area contributed by atoms with Crippen molar-refractivity contribution in [3.8, 4) is 0 Å². The lowest BCUT2D eigenvalue weighted by molar-refractivity contribution is 0.469. The molecule has 0 bridgehead atoms. The minimum absolute atomic E-state index is 0.281. The summed E-state index contributed by atoms with van der Waals surface area (Å²) >= 11 is 0. The first-order chi connectivity index (χ1) is 7.90. The summed E-state index contributed by atoms with van der Waals surface area (Å²) in [5.74, 6) is 0.757. The topological polar surface area (TPSA) is 46.9 Å². The molecule has 0 aliphatic carbocycles. The number of nitrogens with one attached hydrogen (secondary N) is 1. The summed E-state index contributed by atoms with van der Waals surface area (Å²) < 4.78 is 12.9. The van der Waals surface area contributed by atoms with Crippen LogP contribution >= 0.6 is 0 Å². The fourth-order valence-electron chi connectivity index (χ4n) is 1.99. The van der Waals surface area contributed by atoms with Crippen molar-refractivity contribution < 1.29 is 4.21 Å². The standard InChI is InChI=1S/C12H23N3OS/c1-9(6-7-17(5)16)13-10(2)12-8-15(4)14-11(12)3/h8-10,13H,6-7H2,1-5H3. The van der Waals surface area contributed by atoms with Gasteiger partial charge in [-0.15, -0.1) is 0 Å². The second kappa shape index (κ2) is 6.31. The maximum absolute atomic E-state index is 11.0. The van der Waals surface area contributed by atoms with E-state index in [0.29, 0.717) is 6.04 Å². The summed E-state index contributed by atoms with van der Waals surface area (Å²) in [6.07, 6.45) is 4.74. The van der Waals surface area contributed by atoms with E-state index < -0.39 is 10.8 Å². The van der Waals surface area contributed by atoms with Crippen LogP contribution in [-0.4, -0.2) is 32.0 Å². The highest BCUT2D eigenvalue weighted by molar-refractivity contribution is 7.84. The number of aromatic nitrogens is 2. The fourth-order valence-corrected chi connectivity index (χ4v) is 2.67. The molecule has 0 radical (unpaired) electrons. The van der Waals surface area contributed by atoms with Gasteiger partial charge in [0.05, 0.1) is 5.69 Å². The molecule has 17 heavy (non-hydrogen) atoms. The van der Waals surface area contributed by atoms with E-state index in [9.17, 15) is 4.21 Å². The Bertz CT molecular complexity index is 389. The molecule has 0 aliphatic rings. The van der Waals surface area contributed by atoms with Gasteiger partial charge in [-0.25, -0.2) is 0 Å². The predicted molar refractivity (Wildman–Crippen MR) is 72.5 cm³/mol. The van der Waals surface area contributed by atoms with Crippen LogP contribution in [0.15, 0.2) is 6.20 Å². The van der Waals surface area contributed by atoms with Gasteiger partial charge in [0.2, 0.25) is 0 Å². The molecule has 3 unspecified atom stereocenters. The van der Waals surface area contributed by atoms with E-state index >= 15 is 0 Å². The lowest BCUT2D eigenvalue weighted by atomic mass is 10.1. The van der Waals surface area contributed by atoms with Crippen molar-refractivity contribution >= 4 is 10.8 Å². The van der Waals surface area contributed by atoms with Crippen molar-refractivity contribution in [1.29, 1.82) is 0 Å². The lowest BCUT2D eigenvalue weighted by Gasteiger charge is -2.19. The van der Waals surface area contributed by atoms with Crippen molar-refractivity contribution in [3.63, 3.8) is 0 Å². The maximum atomic E-state index is 11.0. The molecule has 0 amide bonds. The molecule has 4 nitrogen and oxygen atoms in total. The first-order valence-electron chi connectivity index (χ1n) is 5.96. The smallest absolute Gasteiger partial charge is 0.0641 e. The Balaban J connectivity index is 2.51. The van der Waals surface area contributed by atoms with Gasteiger partial charge >= 0.3 is 0 Å². The maximum Gasteiger partial charge on any atom is 0.0641 e. The quantitative estimate of drug-likeness (QED) is 0.841. The second-order valence-corrected chi connectivity index (χ2v) is 6.25. The minimum Gasteiger partial charge on any atom is -0.308 e. The molecule has 0 aromatic carbocycles. The third kappa shape index (κ3) is 4.60. The van der Waals surface area contributed by atoms with Crippen LogP contribution in [0, 0.1) is 6.92 Å². The highest BCUT2D eigenvalue weighted by atomic mass is 32.2. The van der Waals surface area contributed by atoms with Crippen LogP contribution in [0.25, 0.3) is 0 Å². The summed E-state index contributed by atoms with van der Waals surface area (Å²) in [6.45, 7) is 6.30. The summed E-state index contributed by atoms with van der Waals surface area (Å²) in [7, 11) is 1.24. The average Bonchev–Trinajstić information content (AvgIpc) is 2.55. The Labute approximate surface area is 106 Å². The molecule has 1 aromatic rings. The molecule has 1 aromatic heterocycles. The Kier molecular flexibility index (Phi) is 5.33. The highest BCUT2D eigenvalue weighted by Crippen LogP contribution is 2.16. The number of hydrogen-bond donors (Lipinski definition) is 1. The zero-order valence-corrected chi connectivity index (χ0v) is 12.2.